The molecule has 11 aromatic rings. The van der Waals surface area contributed by atoms with Crippen molar-refractivity contribution >= 4 is 65.4 Å². The maximum absolute atomic E-state index is 6.70. The van der Waals surface area contributed by atoms with Crippen LogP contribution in [0.5, 0.6) is 0 Å². The van der Waals surface area contributed by atoms with Gasteiger partial charge in [-0.25, -0.2) is 15.0 Å². The number of hydrogen-bond acceptors (Lipinski definition) is 5. The number of para-hydroxylation sites is 1. The van der Waals surface area contributed by atoms with E-state index in [0.717, 1.165) is 82.5 Å². The molecule has 0 aliphatic rings. The van der Waals surface area contributed by atoms with Gasteiger partial charge in [-0.3, -0.25) is 0 Å². The fourth-order valence-corrected chi connectivity index (χ4v) is 7.69. The van der Waals surface area contributed by atoms with E-state index in [2.05, 4.69) is 109 Å². The van der Waals surface area contributed by atoms with Crippen LogP contribution in [0.2, 0.25) is 0 Å². The maximum Gasteiger partial charge on any atom is 0.164 e. The van der Waals surface area contributed by atoms with E-state index in [1.807, 2.05) is 54.6 Å². The van der Waals surface area contributed by atoms with Crippen molar-refractivity contribution in [2.45, 2.75) is 0 Å². The summed E-state index contributed by atoms with van der Waals surface area (Å²) in [5.74, 6) is 1.73. The van der Waals surface area contributed by atoms with Gasteiger partial charge in [0.25, 0.3) is 0 Å². The molecule has 242 valence electrons. The van der Waals surface area contributed by atoms with Crippen LogP contribution < -0.4 is 0 Å². The highest BCUT2D eigenvalue weighted by Crippen LogP contribution is 2.42. The number of rotatable bonds is 4. The second-order valence-corrected chi connectivity index (χ2v) is 13.1. The summed E-state index contributed by atoms with van der Waals surface area (Å²) in [6.45, 7) is 0. The number of benzene rings is 8. The van der Waals surface area contributed by atoms with Crippen LogP contribution in [0.15, 0.2) is 173 Å². The predicted molar refractivity (Wildman–Crippen MR) is 211 cm³/mol. The summed E-state index contributed by atoms with van der Waals surface area (Å²) in [6.07, 6.45) is 0. The lowest BCUT2D eigenvalue weighted by Gasteiger charge is -2.09. The van der Waals surface area contributed by atoms with E-state index in [9.17, 15) is 0 Å². The number of nitrogens with zero attached hydrogens (tertiary/aromatic N) is 3. The van der Waals surface area contributed by atoms with Crippen molar-refractivity contribution in [1.82, 2.24) is 15.0 Å². The maximum atomic E-state index is 6.70. The van der Waals surface area contributed by atoms with E-state index in [4.69, 9.17) is 23.8 Å². The number of hydrogen-bond donors (Lipinski definition) is 0. The standard InChI is InChI=1S/C47H27N3O2/c1-2-13-30(14-3-1)45-48-46(31-24-25-35-37-26-23-29-12-5-7-17-33(29)43(37)52-41(35)27-31)50-47(49-45)39-21-10-22-40-42(39)38-20-9-19-36(44(38)51-40)34-18-8-15-28-11-4-6-16-32(28)34/h1-27H. The van der Waals surface area contributed by atoms with Gasteiger partial charge in [0, 0.05) is 49.2 Å². The second kappa shape index (κ2) is 11.2. The summed E-state index contributed by atoms with van der Waals surface area (Å²) in [4.78, 5) is 15.3. The Morgan fingerprint density at radius 3 is 1.83 bits per heavy atom. The van der Waals surface area contributed by atoms with Gasteiger partial charge >= 0.3 is 0 Å². The molecule has 0 aliphatic carbocycles. The molecule has 11 rings (SSSR count). The SMILES string of the molecule is c1ccc(-c2nc(-c3ccc4c(c3)oc3c5ccccc5ccc43)nc(-c3cccc4oc5c(-c6cccc7ccccc67)cccc5c34)n2)cc1. The van der Waals surface area contributed by atoms with Crippen molar-refractivity contribution < 1.29 is 8.83 Å². The van der Waals surface area contributed by atoms with E-state index in [1.165, 1.54) is 10.8 Å². The monoisotopic (exact) mass is 665 g/mol. The Morgan fingerprint density at radius 1 is 0.327 bits per heavy atom. The lowest BCUT2D eigenvalue weighted by molar-refractivity contribution is 0.670. The molecular weight excluding hydrogens is 639 g/mol. The molecule has 3 heterocycles. The first kappa shape index (κ1) is 28.7. The van der Waals surface area contributed by atoms with Crippen LogP contribution in [-0.4, -0.2) is 15.0 Å². The molecule has 52 heavy (non-hydrogen) atoms. The van der Waals surface area contributed by atoms with Crippen LogP contribution in [0.3, 0.4) is 0 Å². The molecule has 0 atom stereocenters. The number of aromatic nitrogens is 3. The van der Waals surface area contributed by atoms with Gasteiger partial charge in [0.05, 0.1) is 0 Å². The average Bonchev–Trinajstić information content (AvgIpc) is 3.79. The summed E-state index contributed by atoms with van der Waals surface area (Å²) in [6, 6.07) is 56.2. The van der Waals surface area contributed by atoms with Crippen molar-refractivity contribution in [2.75, 3.05) is 0 Å². The molecule has 0 unspecified atom stereocenters. The zero-order valence-corrected chi connectivity index (χ0v) is 27.7. The fourth-order valence-electron chi connectivity index (χ4n) is 7.69. The van der Waals surface area contributed by atoms with Gasteiger partial charge in [-0.2, -0.15) is 0 Å². The molecule has 0 saturated carbocycles. The molecule has 8 aromatic carbocycles. The Morgan fingerprint density at radius 2 is 0.942 bits per heavy atom. The Hall–Kier alpha value is -7.11. The molecule has 0 amide bonds. The van der Waals surface area contributed by atoms with E-state index < -0.39 is 0 Å². The first-order chi connectivity index (χ1) is 25.8. The molecule has 0 N–H and O–H groups in total. The fraction of sp³-hybridized carbons (Fsp3) is 0. The lowest BCUT2D eigenvalue weighted by atomic mass is 9.96. The smallest absolute Gasteiger partial charge is 0.164 e. The van der Waals surface area contributed by atoms with Gasteiger partial charge in [-0.1, -0.05) is 140 Å². The van der Waals surface area contributed by atoms with Crippen molar-refractivity contribution in [3.8, 4) is 45.3 Å². The van der Waals surface area contributed by atoms with Crippen molar-refractivity contribution in [3.05, 3.63) is 164 Å². The summed E-state index contributed by atoms with van der Waals surface area (Å²) in [5.41, 5.74) is 8.09. The molecule has 0 saturated heterocycles. The number of furan rings is 2. The Balaban J connectivity index is 1.13. The van der Waals surface area contributed by atoms with Gasteiger partial charge in [0.1, 0.15) is 22.3 Å². The van der Waals surface area contributed by atoms with Crippen LogP contribution in [0.1, 0.15) is 0 Å². The molecule has 3 aromatic heterocycles. The van der Waals surface area contributed by atoms with Gasteiger partial charge < -0.3 is 8.83 Å². The molecule has 0 spiro atoms. The van der Waals surface area contributed by atoms with Crippen LogP contribution in [0, 0.1) is 0 Å². The molecular formula is C47H27N3O2. The molecule has 0 fully saturated rings. The van der Waals surface area contributed by atoms with E-state index >= 15 is 0 Å². The first-order valence-electron chi connectivity index (χ1n) is 17.4. The van der Waals surface area contributed by atoms with Crippen molar-refractivity contribution in [1.29, 1.82) is 0 Å². The minimum Gasteiger partial charge on any atom is -0.455 e. The topological polar surface area (TPSA) is 65.0 Å². The minimum absolute atomic E-state index is 0.567. The molecule has 0 radical (unpaired) electrons. The third kappa shape index (κ3) is 4.39. The zero-order valence-electron chi connectivity index (χ0n) is 27.7. The molecule has 0 bridgehead atoms. The average molecular weight is 666 g/mol. The van der Waals surface area contributed by atoms with Crippen molar-refractivity contribution in [3.63, 3.8) is 0 Å². The van der Waals surface area contributed by atoms with Crippen molar-refractivity contribution in [2.24, 2.45) is 0 Å². The normalized spacial score (nSPS) is 11.8. The van der Waals surface area contributed by atoms with Crippen LogP contribution in [-0.2, 0) is 0 Å². The second-order valence-electron chi connectivity index (χ2n) is 13.1. The van der Waals surface area contributed by atoms with E-state index in [1.54, 1.807) is 0 Å². The highest BCUT2D eigenvalue weighted by Gasteiger charge is 2.21. The predicted octanol–water partition coefficient (Wildman–Crippen LogP) is 12.6. The Bertz CT molecular complexity index is 3190. The van der Waals surface area contributed by atoms with E-state index in [-0.39, 0.29) is 0 Å². The molecule has 5 nitrogen and oxygen atoms in total. The summed E-state index contributed by atoms with van der Waals surface area (Å²) in [7, 11) is 0. The number of fused-ring (bicyclic) bond motifs is 9. The van der Waals surface area contributed by atoms with Gasteiger partial charge in [0.15, 0.2) is 17.5 Å². The largest absolute Gasteiger partial charge is 0.455 e. The Kier molecular flexibility index (Phi) is 6.18. The van der Waals surface area contributed by atoms with Gasteiger partial charge in [0.2, 0.25) is 0 Å². The lowest BCUT2D eigenvalue weighted by Crippen LogP contribution is -2.00. The Labute approximate surface area is 297 Å². The summed E-state index contributed by atoms with van der Waals surface area (Å²) in [5, 5.41) is 8.73. The van der Waals surface area contributed by atoms with Crippen LogP contribution >= 0.6 is 0 Å². The van der Waals surface area contributed by atoms with Crippen LogP contribution in [0.4, 0.5) is 0 Å². The zero-order chi connectivity index (χ0) is 34.2. The minimum atomic E-state index is 0.567. The quantitative estimate of drug-likeness (QED) is 0.187. The van der Waals surface area contributed by atoms with Gasteiger partial charge in [-0.15, -0.1) is 0 Å². The highest BCUT2D eigenvalue weighted by atomic mass is 16.3. The molecule has 5 heteroatoms. The summed E-state index contributed by atoms with van der Waals surface area (Å²) >= 11 is 0. The molecule has 0 aliphatic heterocycles. The van der Waals surface area contributed by atoms with Gasteiger partial charge in [-0.05, 0) is 46.0 Å². The summed E-state index contributed by atoms with van der Waals surface area (Å²) < 4.78 is 13.2. The third-order valence-corrected chi connectivity index (χ3v) is 10.1. The first-order valence-corrected chi connectivity index (χ1v) is 17.4. The highest BCUT2D eigenvalue weighted by molar-refractivity contribution is 6.17. The third-order valence-electron chi connectivity index (χ3n) is 10.1. The van der Waals surface area contributed by atoms with E-state index in [0.29, 0.717) is 17.5 Å². The van der Waals surface area contributed by atoms with Crippen LogP contribution in [0.25, 0.3) is 111 Å².